The first-order chi connectivity index (χ1) is 15.0. The van der Waals surface area contributed by atoms with Gasteiger partial charge in [0.15, 0.2) is 5.43 Å². The molecule has 1 atom stereocenters. The van der Waals surface area contributed by atoms with Gasteiger partial charge in [-0.15, -0.1) is 0 Å². The molecule has 1 saturated heterocycles. The Bertz CT molecular complexity index is 1200. The number of carbonyl (C=O) groups excluding carboxylic acids is 1. The van der Waals surface area contributed by atoms with Crippen LogP contribution in [-0.2, 0) is 4.74 Å². The third-order valence-electron chi connectivity index (χ3n) is 5.87. The van der Waals surface area contributed by atoms with Crippen molar-refractivity contribution < 1.29 is 13.9 Å². The predicted molar refractivity (Wildman–Crippen MR) is 124 cm³/mol. The van der Waals surface area contributed by atoms with Gasteiger partial charge in [-0.25, -0.2) is 0 Å². The molecule has 5 rings (SSSR count). The molecule has 1 amide bonds. The highest BCUT2D eigenvalue weighted by atomic mass is 79.9. The maximum atomic E-state index is 13.5. The Morgan fingerprint density at radius 3 is 2.39 bits per heavy atom. The van der Waals surface area contributed by atoms with Crippen molar-refractivity contribution in [2.45, 2.75) is 6.04 Å². The van der Waals surface area contributed by atoms with E-state index in [9.17, 15) is 9.59 Å². The maximum absolute atomic E-state index is 13.5. The molecule has 0 aliphatic carbocycles. The largest absolute Gasteiger partial charge is 0.450 e. The minimum atomic E-state index is -0.476. The number of morpholine rings is 1. The molecule has 0 saturated carbocycles. The zero-order valence-corrected chi connectivity index (χ0v) is 19.8. The summed E-state index contributed by atoms with van der Waals surface area (Å²) in [6, 6.07) is 12.6. The Hall–Kier alpha value is -2.00. The van der Waals surface area contributed by atoms with Crippen LogP contribution in [0.25, 0.3) is 11.0 Å². The van der Waals surface area contributed by atoms with Crippen LogP contribution in [0.2, 0.25) is 0 Å². The number of nitrogens with zero attached hydrogens (tertiary/aromatic N) is 2. The summed E-state index contributed by atoms with van der Waals surface area (Å²) < 4.78 is 13.2. The van der Waals surface area contributed by atoms with E-state index in [1.807, 2.05) is 24.3 Å². The molecular weight excluding hydrogens is 528 g/mol. The first-order valence-electron chi connectivity index (χ1n) is 10.2. The number of rotatable bonds is 4. The van der Waals surface area contributed by atoms with Crippen molar-refractivity contribution in [3.8, 4) is 0 Å². The standard InChI is InChI=1S/C23H20Br2N2O4/c24-15-3-1-14(2-4-15)20-19-21(28)17-13-16(25)5-6-18(17)31-22(19)23(29)27(20)8-7-26-9-11-30-12-10-26/h1-6,13,20H,7-12H2. The van der Waals surface area contributed by atoms with Crippen LogP contribution in [-0.4, -0.2) is 55.1 Å². The molecule has 8 heteroatoms. The van der Waals surface area contributed by atoms with Crippen molar-refractivity contribution in [3.63, 3.8) is 0 Å². The smallest absolute Gasteiger partial charge is 0.290 e. The average Bonchev–Trinajstić information content (AvgIpc) is 3.06. The van der Waals surface area contributed by atoms with Crippen molar-refractivity contribution in [3.05, 3.63) is 78.5 Å². The van der Waals surface area contributed by atoms with Crippen LogP contribution >= 0.6 is 31.9 Å². The fraction of sp³-hybridized carbons (Fsp3) is 0.304. The zero-order valence-electron chi connectivity index (χ0n) is 16.6. The highest BCUT2D eigenvalue weighted by Gasteiger charge is 2.42. The van der Waals surface area contributed by atoms with Gasteiger partial charge in [-0.2, -0.15) is 0 Å². The number of hydrogen-bond acceptors (Lipinski definition) is 5. The number of fused-ring (bicyclic) bond motifs is 2. The van der Waals surface area contributed by atoms with Gasteiger partial charge in [0.25, 0.3) is 5.91 Å². The number of halogens is 2. The van der Waals surface area contributed by atoms with E-state index >= 15 is 0 Å². The number of amides is 1. The Morgan fingerprint density at radius 1 is 0.935 bits per heavy atom. The SMILES string of the molecule is O=C1c2oc3ccc(Br)cc3c(=O)c2C(c2ccc(Br)cc2)N1CCN1CCOCC1. The van der Waals surface area contributed by atoms with Gasteiger partial charge in [-0.1, -0.05) is 44.0 Å². The van der Waals surface area contributed by atoms with E-state index in [0.29, 0.717) is 36.3 Å². The van der Waals surface area contributed by atoms with Crippen LogP contribution in [0.3, 0.4) is 0 Å². The van der Waals surface area contributed by atoms with Crippen molar-refractivity contribution in [2.75, 3.05) is 39.4 Å². The Kier molecular flexibility index (Phi) is 5.73. The monoisotopic (exact) mass is 546 g/mol. The summed E-state index contributed by atoms with van der Waals surface area (Å²) in [7, 11) is 0. The molecule has 2 aliphatic rings. The topological polar surface area (TPSA) is 63.0 Å². The molecule has 2 aliphatic heterocycles. The molecule has 1 aromatic heterocycles. The molecule has 2 aromatic carbocycles. The first-order valence-corrected chi connectivity index (χ1v) is 11.7. The van der Waals surface area contributed by atoms with Gasteiger partial charge in [0.1, 0.15) is 5.58 Å². The van der Waals surface area contributed by atoms with E-state index in [1.54, 1.807) is 23.1 Å². The second-order valence-electron chi connectivity index (χ2n) is 7.72. The van der Waals surface area contributed by atoms with Crippen LogP contribution < -0.4 is 5.43 Å². The Balaban J connectivity index is 1.60. The lowest BCUT2D eigenvalue weighted by molar-refractivity contribution is 0.0314. The minimum absolute atomic E-state index is 0.148. The third-order valence-corrected chi connectivity index (χ3v) is 6.90. The fourth-order valence-corrected chi connectivity index (χ4v) is 4.91. The highest BCUT2D eigenvalue weighted by Crippen LogP contribution is 2.38. The molecule has 0 spiro atoms. The molecule has 3 aromatic rings. The first kappa shape index (κ1) is 20.9. The number of hydrogen-bond donors (Lipinski definition) is 0. The molecule has 0 radical (unpaired) electrons. The molecule has 1 unspecified atom stereocenters. The van der Waals surface area contributed by atoms with E-state index < -0.39 is 6.04 Å². The number of ether oxygens (including phenoxy) is 1. The molecule has 0 bridgehead atoms. The maximum Gasteiger partial charge on any atom is 0.290 e. The quantitative estimate of drug-likeness (QED) is 0.490. The lowest BCUT2D eigenvalue weighted by Gasteiger charge is -2.31. The summed E-state index contributed by atoms with van der Waals surface area (Å²) in [6.45, 7) is 4.30. The van der Waals surface area contributed by atoms with E-state index in [1.165, 1.54) is 0 Å². The fourth-order valence-electron chi connectivity index (χ4n) is 4.29. The third kappa shape index (κ3) is 3.86. The lowest BCUT2D eigenvalue weighted by atomic mass is 9.98. The molecule has 1 fully saturated rings. The predicted octanol–water partition coefficient (Wildman–Crippen LogP) is 4.20. The summed E-state index contributed by atoms with van der Waals surface area (Å²) >= 11 is 6.90. The van der Waals surface area contributed by atoms with Crippen LogP contribution in [0.5, 0.6) is 0 Å². The molecule has 31 heavy (non-hydrogen) atoms. The summed E-state index contributed by atoms with van der Waals surface area (Å²) in [5.74, 6) is -0.0900. The Labute approximate surface area is 196 Å². The van der Waals surface area contributed by atoms with Crippen LogP contribution in [0, 0.1) is 0 Å². The molecular formula is C23H20Br2N2O4. The van der Waals surface area contributed by atoms with Gasteiger partial charge in [-0.05, 0) is 35.9 Å². The van der Waals surface area contributed by atoms with Gasteiger partial charge in [0.05, 0.1) is 30.2 Å². The van der Waals surface area contributed by atoms with E-state index in [2.05, 4.69) is 36.8 Å². The molecule has 3 heterocycles. The van der Waals surface area contributed by atoms with E-state index in [4.69, 9.17) is 9.15 Å². The van der Waals surface area contributed by atoms with Gasteiger partial charge in [-0.3, -0.25) is 14.5 Å². The number of carbonyl (C=O) groups is 1. The minimum Gasteiger partial charge on any atom is -0.450 e. The summed E-state index contributed by atoms with van der Waals surface area (Å²) in [6.07, 6.45) is 0. The normalized spacial score (nSPS) is 19.2. The summed E-state index contributed by atoms with van der Waals surface area (Å²) in [4.78, 5) is 31.0. The highest BCUT2D eigenvalue weighted by molar-refractivity contribution is 9.10. The number of benzene rings is 2. The van der Waals surface area contributed by atoms with Crippen molar-refractivity contribution in [2.24, 2.45) is 0 Å². The van der Waals surface area contributed by atoms with Gasteiger partial charge in [0, 0.05) is 35.1 Å². The lowest BCUT2D eigenvalue weighted by Crippen LogP contribution is -2.42. The second kappa shape index (κ2) is 8.50. The summed E-state index contributed by atoms with van der Waals surface area (Å²) in [5, 5.41) is 0.470. The van der Waals surface area contributed by atoms with Crippen molar-refractivity contribution in [1.82, 2.24) is 9.80 Å². The van der Waals surface area contributed by atoms with Gasteiger partial charge in [0.2, 0.25) is 5.76 Å². The van der Waals surface area contributed by atoms with Gasteiger partial charge < -0.3 is 14.1 Å². The van der Waals surface area contributed by atoms with E-state index in [0.717, 1.165) is 34.1 Å². The zero-order chi connectivity index (χ0) is 21.5. The van der Waals surface area contributed by atoms with E-state index in [-0.39, 0.29) is 17.1 Å². The molecule has 6 nitrogen and oxygen atoms in total. The molecule has 0 N–H and O–H groups in total. The van der Waals surface area contributed by atoms with Crippen molar-refractivity contribution in [1.29, 1.82) is 0 Å². The van der Waals surface area contributed by atoms with Crippen LogP contribution in [0.1, 0.15) is 27.7 Å². The average molecular weight is 548 g/mol. The van der Waals surface area contributed by atoms with Gasteiger partial charge >= 0.3 is 0 Å². The van der Waals surface area contributed by atoms with Crippen molar-refractivity contribution >= 4 is 48.7 Å². The summed E-state index contributed by atoms with van der Waals surface area (Å²) in [5.41, 5.74) is 1.57. The molecule has 160 valence electrons. The van der Waals surface area contributed by atoms with Crippen LogP contribution in [0.4, 0.5) is 0 Å². The van der Waals surface area contributed by atoms with Crippen LogP contribution in [0.15, 0.2) is 60.6 Å². The second-order valence-corrected chi connectivity index (χ2v) is 9.55. The Morgan fingerprint density at radius 2 is 1.65 bits per heavy atom.